The minimum Gasteiger partial charge on any atom is -0.466 e. The van der Waals surface area contributed by atoms with Crippen molar-refractivity contribution in [3.63, 3.8) is 0 Å². The topological polar surface area (TPSA) is 65.1 Å². The van der Waals surface area contributed by atoms with Gasteiger partial charge < -0.3 is 14.2 Å². The fraction of sp³-hybridized carbons (Fsp3) is 0.619. The number of hydrogen-bond donors (Lipinski definition) is 0. The number of benzene rings is 1. The number of piperidine rings is 1. The number of carbonyl (C=O) groups excluding carboxylic acids is 2. The van der Waals surface area contributed by atoms with E-state index in [0.29, 0.717) is 45.9 Å². The summed E-state index contributed by atoms with van der Waals surface area (Å²) in [6.45, 7) is 6.69. The highest BCUT2D eigenvalue weighted by Crippen LogP contribution is 2.24. The van der Waals surface area contributed by atoms with Crippen LogP contribution in [0.5, 0.6) is 0 Å². The zero-order valence-corrected chi connectivity index (χ0v) is 16.4. The average Bonchev–Trinajstić information content (AvgIpc) is 2.68. The summed E-state index contributed by atoms with van der Waals surface area (Å²) in [5.41, 5.74) is 1.13. The molecule has 2 rings (SSSR count). The van der Waals surface area contributed by atoms with Gasteiger partial charge in [0.2, 0.25) is 0 Å². The molecule has 0 aliphatic carbocycles. The number of esters is 2. The molecule has 0 aromatic heterocycles. The van der Waals surface area contributed by atoms with Gasteiger partial charge in [0, 0.05) is 19.1 Å². The Balaban J connectivity index is 1.89. The molecule has 0 amide bonds. The van der Waals surface area contributed by atoms with E-state index in [0.717, 1.165) is 18.4 Å². The van der Waals surface area contributed by atoms with Crippen molar-refractivity contribution >= 4 is 11.9 Å². The molecule has 2 atom stereocenters. The monoisotopic (exact) mass is 377 g/mol. The Morgan fingerprint density at radius 1 is 1.07 bits per heavy atom. The molecule has 1 saturated heterocycles. The number of rotatable bonds is 10. The standard InChI is InChI=1S/C21H31NO5/c1-3-26-20(23)12-13-22-14-18(21(24)27-4-2)10-11-19(22)16-25-15-17-8-6-5-7-9-17/h5-9,18-19H,3-4,10-16H2,1-2H3. The lowest BCUT2D eigenvalue weighted by molar-refractivity contribution is -0.151. The SMILES string of the molecule is CCOC(=O)CCN1CC(C(=O)OCC)CCC1COCc1ccccc1. The molecule has 1 aromatic rings. The Hall–Kier alpha value is -1.92. The zero-order valence-electron chi connectivity index (χ0n) is 16.4. The Morgan fingerprint density at radius 3 is 2.52 bits per heavy atom. The smallest absolute Gasteiger partial charge is 0.310 e. The largest absolute Gasteiger partial charge is 0.466 e. The van der Waals surface area contributed by atoms with Crippen molar-refractivity contribution in [2.24, 2.45) is 5.92 Å². The van der Waals surface area contributed by atoms with Crippen LogP contribution in [0.4, 0.5) is 0 Å². The molecule has 1 aliphatic rings. The maximum atomic E-state index is 12.1. The summed E-state index contributed by atoms with van der Waals surface area (Å²) in [7, 11) is 0. The maximum absolute atomic E-state index is 12.1. The number of carbonyl (C=O) groups is 2. The van der Waals surface area contributed by atoms with Crippen LogP contribution >= 0.6 is 0 Å². The van der Waals surface area contributed by atoms with E-state index >= 15 is 0 Å². The van der Waals surface area contributed by atoms with E-state index < -0.39 is 0 Å². The van der Waals surface area contributed by atoms with Crippen LogP contribution in [-0.4, -0.2) is 55.8 Å². The third-order valence-corrected chi connectivity index (χ3v) is 4.77. The molecule has 6 heteroatoms. The molecule has 27 heavy (non-hydrogen) atoms. The lowest BCUT2D eigenvalue weighted by atomic mass is 9.92. The fourth-order valence-corrected chi connectivity index (χ4v) is 3.37. The summed E-state index contributed by atoms with van der Waals surface area (Å²) in [6.07, 6.45) is 1.95. The van der Waals surface area contributed by atoms with E-state index in [9.17, 15) is 9.59 Å². The summed E-state index contributed by atoms with van der Waals surface area (Å²) in [4.78, 5) is 26.0. The first-order valence-corrected chi connectivity index (χ1v) is 9.82. The Morgan fingerprint density at radius 2 is 1.81 bits per heavy atom. The molecule has 0 bridgehead atoms. The van der Waals surface area contributed by atoms with Crippen molar-refractivity contribution < 1.29 is 23.8 Å². The van der Waals surface area contributed by atoms with E-state index in [1.54, 1.807) is 6.92 Å². The zero-order chi connectivity index (χ0) is 19.5. The summed E-state index contributed by atoms with van der Waals surface area (Å²) in [6, 6.07) is 10.2. The molecule has 150 valence electrons. The van der Waals surface area contributed by atoms with Crippen molar-refractivity contribution in [2.75, 3.05) is 32.9 Å². The van der Waals surface area contributed by atoms with Crippen LogP contribution in [0.1, 0.15) is 38.7 Å². The minimum absolute atomic E-state index is 0.141. The van der Waals surface area contributed by atoms with Gasteiger partial charge in [-0.1, -0.05) is 30.3 Å². The predicted octanol–water partition coefficient (Wildman–Crippen LogP) is 2.80. The second-order valence-electron chi connectivity index (χ2n) is 6.73. The molecule has 1 fully saturated rings. The van der Waals surface area contributed by atoms with Gasteiger partial charge in [-0.2, -0.15) is 0 Å². The molecule has 0 spiro atoms. The number of nitrogens with zero attached hydrogens (tertiary/aromatic N) is 1. The summed E-state index contributed by atoms with van der Waals surface area (Å²) < 4.78 is 16.1. The van der Waals surface area contributed by atoms with Crippen LogP contribution in [0, 0.1) is 5.92 Å². The van der Waals surface area contributed by atoms with E-state index in [1.165, 1.54) is 0 Å². The van der Waals surface area contributed by atoms with Gasteiger partial charge in [-0.25, -0.2) is 0 Å². The molecule has 1 heterocycles. The summed E-state index contributed by atoms with van der Waals surface area (Å²) in [5, 5.41) is 0. The molecule has 1 aromatic carbocycles. The fourth-order valence-electron chi connectivity index (χ4n) is 3.37. The van der Waals surface area contributed by atoms with Crippen molar-refractivity contribution in [1.29, 1.82) is 0 Å². The summed E-state index contributed by atoms with van der Waals surface area (Å²) >= 11 is 0. The van der Waals surface area contributed by atoms with Crippen LogP contribution < -0.4 is 0 Å². The highest BCUT2D eigenvalue weighted by Gasteiger charge is 2.33. The van der Waals surface area contributed by atoms with Crippen LogP contribution in [0.15, 0.2) is 30.3 Å². The molecule has 0 saturated carbocycles. The molecule has 6 nitrogen and oxygen atoms in total. The Labute approximate surface area is 161 Å². The first-order chi connectivity index (χ1) is 13.1. The van der Waals surface area contributed by atoms with Gasteiger partial charge in [0.25, 0.3) is 0 Å². The Kier molecular flexibility index (Phi) is 9.28. The average molecular weight is 377 g/mol. The second-order valence-corrected chi connectivity index (χ2v) is 6.73. The molecular formula is C21H31NO5. The third-order valence-electron chi connectivity index (χ3n) is 4.77. The summed E-state index contributed by atoms with van der Waals surface area (Å²) in [5.74, 6) is -0.500. The number of hydrogen-bond acceptors (Lipinski definition) is 6. The van der Waals surface area contributed by atoms with E-state index in [1.807, 2.05) is 37.3 Å². The lowest BCUT2D eigenvalue weighted by Gasteiger charge is -2.38. The number of ether oxygens (including phenoxy) is 3. The van der Waals surface area contributed by atoms with Crippen LogP contribution in [0.25, 0.3) is 0 Å². The van der Waals surface area contributed by atoms with Crippen molar-refractivity contribution in [3.05, 3.63) is 35.9 Å². The van der Waals surface area contributed by atoms with Crippen molar-refractivity contribution in [3.8, 4) is 0 Å². The predicted molar refractivity (Wildman–Crippen MR) is 102 cm³/mol. The van der Waals surface area contributed by atoms with E-state index in [-0.39, 0.29) is 23.9 Å². The van der Waals surface area contributed by atoms with Gasteiger partial charge >= 0.3 is 11.9 Å². The van der Waals surface area contributed by atoms with Crippen LogP contribution in [0.3, 0.4) is 0 Å². The van der Waals surface area contributed by atoms with Gasteiger partial charge in [-0.15, -0.1) is 0 Å². The van der Waals surface area contributed by atoms with E-state index in [4.69, 9.17) is 14.2 Å². The van der Waals surface area contributed by atoms with Gasteiger partial charge in [0.05, 0.1) is 38.8 Å². The van der Waals surface area contributed by atoms with Gasteiger partial charge in [0.1, 0.15) is 0 Å². The second kappa shape index (κ2) is 11.7. The lowest BCUT2D eigenvalue weighted by Crippen LogP contribution is -2.48. The minimum atomic E-state index is -0.209. The van der Waals surface area contributed by atoms with Crippen molar-refractivity contribution in [2.45, 2.75) is 45.8 Å². The van der Waals surface area contributed by atoms with E-state index in [2.05, 4.69) is 4.90 Å². The first-order valence-electron chi connectivity index (χ1n) is 9.82. The van der Waals surface area contributed by atoms with Gasteiger partial charge in [0.15, 0.2) is 0 Å². The molecule has 2 unspecified atom stereocenters. The third kappa shape index (κ3) is 7.31. The van der Waals surface area contributed by atoms with Crippen molar-refractivity contribution in [1.82, 2.24) is 4.90 Å². The van der Waals surface area contributed by atoms with Gasteiger partial charge in [-0.3, -0.25) is 14.5 Å². The first kappa shape index (κ1) is 21.4. The molecule has 1 aliphatic heterocycles. The molecule has 0 N–H and O–H groups in total. The maximum Gasteiger partial charge on any atom is 0.310 e. The molecular weight excluding hydrogens is 346 g/mol. The number of likely N-dealkylation sites (tertiary alicyclic amines) is 1. The van der Waals surface area contributed by atoms with Gasteiger partial charge in [-0.05, 0) is 32.3 Å². The normalized spacial score (nSPS) is 20.2. The van der Waals surface area contributed by atoms with Crippen LogP contribution in [-0.2, 0) is 30.4 Å². The quantitative estimate of drug-likeness (QED) is 0.584. The van der Waals surface area contributed by atoms with Crippen LogP contribution in [0.2, 0.25) is 0 Å². The highest BCUT2D eigenvalue weighted by atomic mass is 16.5. The molecule has 0 radical (unpaired) electrons. The Bertz CT molecular complexity index is 577. The highest BCUT2D eigenvalue weighted by molar-refractivity contribution is 5.73.